The first-order chi connectivity index (χ1) is 10.1. The van der Waals surface area contributed by atoms with E-state index in [0.717, 1.165) is 34.1 Å². The zero-order valence-corrected chi connectivity index (χ0v) is 13.4. The number of amidine groups is 1. The van der Waals surface area contributed by atoms with Gasteiger partial charge in [-0.2, -0.15) is 0 Å². The lowest BCUT2D eigenvalue weighted by Gasteiger charge is -2.03. The number of fused-ring (bicyclic) bond motifs is 3. The molecule has 4 nitrogen and oxygen atoms in total. The molecule has 1 aliphatic heterocycles. The van der Waals surface area contributed by atoms with Crippen LogP contribution < -0.4 is 5.32 Å². The zero-order valence-electron chi connectivity index (χ0n) is 12.6. The molecule has 0 saturated carbocycles. The zero-order chi connectivity index (χ0) is 15.0. The Morgan fingerprint density at radius 2 is 2.24 bits per heavy atom. The van der Waals surface area contributed by atoms with Crippen LogP contribution in [0.25, 0.3) is 10.2 Å². The number of carbonyl (C=O) groups is 1. The van der Waals surface area contributed by atoms with E-state index in [0.29, 0.717) is 13.0 Å². The molecule has 0 aliphatic carbocycles. The van der Waals surface area contributed by atoms with E-state index >= 15 is 0 Å². The van der Waals surface area contributed by atoms with E-state index < -0.39 is 0 Å². The summed E-state index contributed by atoms with van der Waals surface area (Å²) in [5.74, 6) is 0.785. The van der Waals surface area contributed by atoms with Gasteiger partial charge < -0.3 is 5.32 Å². The summed E-state index contributed by atoms with van der Waals surface area (Å²) in [5.41, 5.74) is 3.49. The number of aliphatic imine (C=N–C) groups is 1. The smallest absolute Gasteiger partial charge is 0.225 e. The Bertz CT molecular complexity index is 746. The highest BCUT2D eigenvalue weighted by Gasteiger charge is 2.24. The molecule has 3 heterocycles. The average Bonchev–Trinajstić information content (AvgIpc) is 2.96. The molecule has 2 aromatic rings. The number of unbranched alkanes of at least 4 members (excludes halogenated alkanes) is 1. The van der Waals surface area contributed by atoms with Gasteiger partial charge in [0, 0.05) is 23.1 Å². The van der Waals surface area contributed by atoms with Crippen LogP contribution in [0.15, 0.2) is 11.1 Å². The first kappa shape index (κ1) is 14.2. The fourth-order valence-electron chi connectivity index (χ4n) is 2.72. The van der Waals surface area contributed by atoms with Gasteiger partial charge in [-0.15, -0.1) is 11.3 Å². The third-order valence-corrected chi connectivity index (χ3v) is 4.84. The highest BCUT2D eigenvalue weighted by molar-refractivity contribution is 7.20. The second kappa shape index (κ2) is 5.56. The Morgan fingerprint density at radius 3 is 3.00 bits per heavy atom. The number of aromatic nitrogens is 1. The Labute approximate surface area is 128 Å². The molecule has 0 spiro atoms. The third kappa shape index (κ3) is 2.58. The Kier molecular flexibility index (Phi) is 3.76. The third-order valence-electron chi connectivity index (χ3n) is 3.71. The average molecular weight is 301 g/mol. The van der Waals surface area contributed by atoms with Crippen molar-refractivity contribution in [3.05, 3.63) is 27.8 Å². The molecule has 0 bridgehead atoms. The number of thiophene rings is 1. The summed E-state index contributed by atoms with van der Waals surface area (Å²) in [5, 5.41) is 4.17. The lowest BCUT2D eigenvalue weighted by atomic mass is 10.1. The van der Waals surface area contributed by atoms with E-state index in [2.05, 4.69) is 35.2 Å². The van der Waals surface area contributed by atoms with Crippen molar-refractivity contribution in [2.75, 3.05) is 0 Å². The second-order valence-electron chi connectivity index (χ2n) is 5.49. The van der Waals surface area contributed by atoms with Crippen LogP contribution in [-0.2, 0) is 11.3 Å². The summed E-state index contributed by atoms with van der Waals surface area (Å²) in [6, 6.07) is 2.10. The van der Waals surface area contributed by atoms with E-state index in [1.807, 2.05) is 6.92 Å². The van der Waals surface area contributed by atoms with Gasteiger partial charge in [0.2, 0.25) is 5.91 Å². The van der Waals surface area contributed by atoms with Crippen molar-refractivity contribution in [3.63, 3.8) is 0 Å². The predicted molar refractivity (Wildman–Crippen MR) is 87.0 cm³/mol. The summed E-state index contributed by atoms with van der Waals surface area (Å²) in [7, 11) is 0. The molecule has 0 atom stereocenters. The van der Waals surface area contributed by atoms with Gasteiger partial charge in [-0.25, -0.2) is 4.98 Å². The maximum absolute atomic E-state index is 11.9. The van der Waals surface area contributed by atoms with Crippen LogP contribution in [0, 0.1) is 13.8 Å². The molecule has 0 fully saturated rings. The van der Waals surface area contributed by atoms with Crippen molar-refractivity contribution in [1.82, 2.24) is 10.3 Å². The fraction of sp³-hybridized carbons (Fsp3) is 0.438. The Hall–Kier alpha value is -1.75. The van der Waals surface area contributed by atoms with Gasteiger partial charge in [0.1, 0.15) is 10.7 Å². The monoisotopic (exact) mass is 301 g/mol. The van der Waals surface area contributed by atoms with Crippen LogP contribution in [0.3, 0.4) is 0 Å². The SMILES string of the molecule is CCCCC(=O)NC1=NCc2c1sc1nc(C)cc(C)c21. The molecule has 110 valence electrons. The number of nitrogens with zero attached hydrogens (tertiary/aromatic N) is 2. The first-order valence-electron chi connectivity index (χ1n) is 7.34. The summed E-state index contributed by atoms with van der Waals surface area (Å²) < 4.78 is 0. The van der Waals surface area contributed by atoms with E-state index in [9.17, 15) is 4.79 Å². The van der Waals surface area contributed by atoms with Crippen molar-refractivity contribution < 1.29 is 4.79 Å². The molecule has 5 heteroatoms. The second-order valence-corrected chi connectivity index (χ2v) is 6.49. The van der Waals surface area contributed by atoms with Crippen molar-refractivity contribution in [3.8, 4) is 0 Å². The molecule has 0 aromatic carbocycles. The molecular formula is C16H19N3OS. The quantitative estimate of drug-likeness (QED) is 0.943. The van der Waals surface area contributed by atoms with Crippen LogP contribution in [0.2, 0.25) is 0 Å². The number of rotatable bonds is 3. The minimum absolute atomic E-state index is 0.0572. The minimum Gasteiger partial charge on any atom is -0.310 e. The topological polar surface area (TPSA) is 54.4 Å². The Balaban J connectivity index is 1.91. The van der Waals surface area contributed by atoms with Crippen LogP contribution in [0.5, 0.6) is 0 Å². The van der Waals surface area contributed by atoms with E-state index in [-0.39, 0.29) is 5.91 Å². The normalized spacial score (nSPS) is 13.4. The molecule has 0 saturated heterocycles. The predicted octanol–water partition coefficient (Wildman–Crippen LogP) is 3.48. The lowest BCUT2D eigenvalue weighted by molar-refractivity contribution is -0.119. The van der Waals surface area contributed by atoms with Crippen molar-refractivity contribution >= 4 is 33.3 Å². The Morgan fingerprint density at radius 1 is 1.43 bits per heavy atom. The van der Waals surface area contributed by atoms with Crippen molar-refractivity contribution in [2.45, 2.75) is 46.6 Å². The van der Waals surface area contributed by atoms with Crippen LogP contribution in [0.1, 0.15) is 47.9 Å². The molecule has 3 rings (SSSR count). The number of hydrogen-bond acceptors (Lipinski definition) is 4. The fourth-order valence-corrected chi connectivity index (χ4v) is 3.99. The number of aryl methyl sites for hydroxylation is 2. The molecule has 2 aromatic heterocycles. The highest BCUT2D eigenvalue weighted by Crippen LogP contribution is 2.36. The van der Waals surface area contributed by atoms with Crippen LogP contribution in [-0.4, -0.2) is 16.7 Å². The number of nitrogens with one attached hydrogen (secondary N) is 1. The number of amides is 1. The highest BCUT2D eigenvalue weighted by atomic mass is 32.1. The van der Waals surface area contributed by atoms with Gasteiger partial charge in [0.05, 0.1) is 11.4 Å². The van der Waals surface area contributed by atoms with Crippen LogP contribution >= 0.6 is 11.3 Å². The largest absolute Gasteiger partial charge is 0.310 e. The van der Waals surface area contributed by atoms with E-state index in [1.54, 1.807) is 11.3 Å². The van der Waals surface area contributed by atoms with Gasteiger partial charge >= 0.3 is 0 Å². The van der Waals surface area contributed by atoms with Gasteiger partial charge in [0.15, 0.2) is 0 Å². The summed E-state index contributed by atoms with van der Waals surface area (Å²) in [4.78, 5) is 23.1. The lowest BCUT2D eigenvalue weighted by Crippen LogP contribution is -2.29. The summed E-state index contributed by atoms with van der Waals surface area (Å²) >= 11 is 1.63. The first-order valence-corrected chi connectivity index (χ1v) is 8.16. The minimum atomic E-state index is 0.0572. The van der Waals surface area contributed by atoms with Gasteiger partial charge in [-0.1, -0.05) is 13.3 Å². The van der Waals surface area contributed by atoms with Gasteiger partial charge in [0.25, 0.3) is 0 Å². The van der Waals surface area contributed by atoms with Crippen LogP contribution in [0.4, 0.5) is 0 Å². The maximum atomic E-state index is 11.9. The summed E-state index contributed by atoms with van der Waals surface area (Å²) in [6.07, 6.45) is 2.50. The molecule has 0 unspecified atom stereocenters. The number of hydrogen-bond donors (Lipinski definition) is 1. The molecule has 1 aliphatic rings. The summed E-state index contributed by atoms with van der Waals surface area (Å²) in [6.45, 7) is 6.85. The van der Waals surface area contributed by atoms with E-state index in [4.69, 9.17) is 0 Å². The molecule has 0 radical (unpaired) electrons. The van der Waals surface area contributed by atoms with Gasteiger partial charge in [-0.05, 0) is 31.9 Å². The van der Waals surface area contributed by atoms with Crippen molar-refractivity contribution in [1.29, 1.82) is 0 Å². The molecule has 1 amide bonds. The van der Waals surface area contributed by atoms with E-state index in [1.165, 1.54) is 16.5 Å². The molecular weight excluding hydrogens is 282 g/mol. The number of pyridine rings is 1. The standard InChI is InChI=1S/C16H19N3OS/c1-4-5-6-12(20)19-15-14-11(8-17-15)13-9(2)7-10(3)18-16(13)21-14/h7H,4-6,8H2,1-3H3,(H,17,19,20). The van der Waals surface area contributed by atoms with Gasteiger partial charge in [-0.3, -0.25) is 9.79 Å². The number of carbonyl (C=O) groups excluding carboxylic acids is 1. The molecule has 1 N–H and O–H groups in total. The van der Waals surface area contributed by atoms with Crippen molar-refractivity contribution in [2.24, 2.45) is 4.99 Å². The maximum Gasteiger partial charge on any atom is 0.225 e. The molecule has 21 heavy (non-hydrogen) atoms.